The topological polar surface area (TPSA) is 91.4 Å². The van der Waals surface area contributed by atoms with E-state index in [2.05, 4.69) is 15.6 Å². The Morgan fingerprint density at radius 3 is 2.70 bits per heavy atom. The van der Waals surface area contributed by atoms with Crippen molar-refractivity contribution in [2.75, 3.05) is 19.0 Å². The summed E-state index contributed by atoms with van der Waals surface area (Å²) in [6.45, 7) is 0. The van der Waals surface area contributed by atoms with E-state index in [1.807, 2.05) is 19.0 Å². The molecule has 1 aromatic rings. The fourth-order valence-electron chi connectivity index (χ4n) is 1.86. The Hall–Kier alpha value is -2.44. The largest absolute Gasteiger partial charge is 0.363 e. The first-order valence-electron chi connectivity index (χ1n) is 6.25. The van der Waals surface area contributed by atoms with E-state index in [0.29, 0.717) is 12.0 Å². The van der Waals surface area contributed by atoms with Gasteiger partial charge in [-0.05, 0) is 18.6 Å². The van der Waals surface area contributed by atoms with Crippen molar-refractivity contribution in [1.82, 2.24) is 15.6 Å². The van der Waals surface area contributed by atoms with Crippen LogP contribution in [0.25, 0.3) is 0 Å². The van der Waals surface area contributed by atoms with Gasteiger partial charge in [0, 0.05) is 26.7 Å². The molecule has 1 atom stereocenters. The van der Waals surface area contributed by atoms with E-state index in [1.165, 1.54) is 6.20 Å². The summed E-state index contributed by atoms with van der Waals surface area (Å²) in [6.07, 6.45) is 2.00. The van der Waals surface area contributed by atoms with Gasteiger partial charge in [-0.15, -0.1) is 0 Å². The van der Waals surface area contributed by atoms with E-state index in [-0.39, 0.29) is 18.2 Å². The van der Waals surface area contributed by atoms with Gasteiger partial charge in [-0.25, -0.2) is 4.98 Å². The Morgan fingerprint density at radius 1 is 1.40 bits per heavy atom. The monoisotopic (exact) mass is 276 g/mol. The highest BCUT2D eigenvalue weighted by atomic mass is 16.2. The molecule has 0 radical (unpaired) electrons. The van der Waals surface area contributed by atoms with Crippen molar-refractivity contribution in [2.24, 2.45) is 0 Å². The Morgan fingerprint density at radius 2 is 2.15 bits per heavy atom. The summed E-state index contributed by atoms with van der Waals surface area (Å²) in [6, 6.07) is 2.69. The predicted octanol–water partition coefficient (Wildman–Crippen LogP) is -0.317. The number of nitrogens with zero attached hydrogens (tertiary/aromatic N) is 2. The molecule has 20 heavy (non-hydrogen) atoms. The second-order valence-electron chi connectivity index (χ2n) is 4.78. The number of anilines is 1. The van der Waals surface area contributed by atoms with Gasteiger partial charge in [-0.2, -0.15) is 0 Å². The lowest BCUT2D eigenvalue weighted by molar-refractivity contribution is -0.134. The van der Waals surface area contributed by atoms with Crippen LogP contribution in [0.5, 0.6) is 0 Å². The molecule has 0 aliphatic carbocycles. The zero-order valence-corrected chi connectivity index (χ0v) is 11.3. The van der Waals surface area contributed by atoms with E-state index >= 15 is 0 Å². The number of hydrogen-bond acceptors (Lipinski definition) is 5. The van der Waals surface area contributed by atoms with E-state index in [9.17, 15) is 14.4 Å². The lowest BCUT2D eigenvalue weighted by Crippen LogP contribution is -2.52. The van der Waals surface area contributed by atoms with Crippen molar-refractivity contribution < 1.29 is 14.4 Å². The zero-order valence-electron chi connectivity index (χ0n) is 11.3. The molecular formula is C13H16N4O3. The molecule has 1 unspecified atom stereocenters. The number of hydrogen-bond donors (Lipinski definition) is 2. The highest BCUT2D eigenvalue weighted by Gasteiger charge is 2.28. The second-order valence-corrected chi connectivity index (χ2v) is 4.78. The molecule has 106 valence electrons. The SMILES string of the molecule is CN(C)c1ccc(C(=O)NC2CCC(=O)NC2=O)cn1. The quantitative estimate of drug-likeness (QED) is 0.738. The van der Waals surface area contributed by atoms with Crippen molar-refractivity contribution in [3.05, 3.63) is 23.9 Å². The molecule has 2 N–H and O–H groups in total. The van der Waals surface area contributed by atoms with E-state index in [4.69, 9.17) is 0 Å². The Labute approximate surface area is 116 Å². The Balaban J connectivity index is 2.01. The van der Waals surface area contributed by atoms with Gasteiger partial charge in [0.25, 0.3) is 5.91 Å². The minimum atomic E-state index is -0.672. The third kappa shape index (κ3) is 3.11. The van der Waals surface area contributed by atoms with Crippen molar-refractivity contribution in [3.8, 4) is 0 Å². The third-order valence-electron chi connectivity index (χ3n) is 3.01. The summed E-state index contributed by atoms with van der Waals surface area (Å²) in [5, 5.41) is 4.79. The lowest BCUT2D eigenvalue weighted by Gasteiger charge is -2.21. The Bertz CT molecular complexity index is 539. The van der Waals surface area contributed by atoms with Crippen LogP contribution >= 0.6 is 0 Å². The molecule has 0 spiro atoms. The normalized spacial score (nSPS) is 18.4. The van der Waals surface area contributed by atoms with Crippen molar-refractivity contribution >= 4 is 23.5 Å². The number of nitrogens with one attached hydrogen (secondary N) is 2. The van der Waals surface area contributed by atoms with E-state index < -0.39 is 11.9 Å². The smallest absolute Gasteiger partial charge is 0.253 e. The molecule has 0 aromatic carbocycles. The maximum absolute atomic E-state index is 12.0. The van der Waals surface area contributed by atoms with Gasteiger partial charge >= 0.3 is 0 Å². The highest BCUT2D eigenvalue weighted by molar-refractivity contribution is 6.03. The highest BCUT2D eigenvalue weighted by Crippen LogP contribution is 2.09. The number of piperidine rings is 1. The first-order chi connectivity index (χ1) is 9.47. The molecule has 0 saturated carbocycles. The van der Waals surface area contributed by atoms with Crippen molar-refractivity contribution in [2.45, 2.75) is 18.9 Å². The zero-order chi connectivity index (χ0) is 14.7. The number of imide groups is 1. The van der Waals surface area contributed by atoms with Gasteiger partial charge in [0.1, 0.15) is 11.9 Å². The van der Waals surface area contributed by atoms with Gasteiger partial charge in [-0.3, -0.25) is 19.7 Å². The molecule has 7 nitrogen and oxygen atoms in total. The summed E-state index contributed by atoms with van der Waals surface area (Å²) in [5.74, 6) is -0.412. The predicted molar refractivity (Wildman–Crippen MR) is 72.2 cm³/mol. The molecular weight excluding hydrogens is 260 g/mol. The molecule has 7 heteroatoms. The van der Waals surface area contributed by atoms with Crippen molar-refractivity contribution in [3.63, 3.8) is 0 Å². The number of carbonyl (C=O) groups excluding carboxylic acids is 3. The third-order valence-corrected chi connectivity index (χ3v) is 3.01. The fourth-order valence-corrected chi connectivity index (χ4v) is 1.86. The summed E-state index contributed by atoms with van der Waals surface area (Å²) in [5.41, 5.74) is 0.375. The van der Waals surface area contributed by atoms with Crippen LogP contribution in [0, 0.1) is 0 Å². The lowest BCUT2D eigenvalue weighted by atomic mass is 10.1. The van der Waals surface area contributed by atoms with Crippen LogP contribution in [0.1, 0.15) is 23.2 Å². The number of aromatic nitrogens is 1. The first kappa shape index (κ1) is 14.0. The van der Waals surface area contributed by atoms with Crippen LogP contribution in [0.15, 0.2) is 18.3 Å². The summed E-state index contributed by atoms with van der Waals surface area (Å²) < 4.78 is 0. The number of pyridine rings is 1. The molecule has 1 fully saturated rings. The second kappa shape index (κ2) is 5.68. The molecule has 3 amide bonds. The van der Waals surface area contributed by atoms with E-state index in [1.54, 1.807) is 12.1 Å². The van der Waals surface area contributed by atoms with Crippen LogP contribution in [0.3, 0.4) is 0 Å². The van der Waals surface area contributed by atoms with Crippen LogP contribution < -0.4 is 15.5 Å². The molecule has 2 heterocycles. The molecule has 1 aromatic heterocycles. The maximum Gasteiger partial charge on any atom is 0.253 e. The summed E-state index contributed by atoms with van der Waals surface area (Å²) >= 11 is 0. The van der Waals surface area contributed by atoms with Gasteiger partial charge < -0.3 is 10.2 Å². The summed E-state index contributed by atoms with van der Waals surface area (Å²) in [7, 11) is 3.71. The maximum atomic E-state index is 12.0. The van der Waals surface area contributed by atoms with Crippen LogP contribution in [-0.4, -0.2) is 42.8 Å². The average Bonchev–Trinajstić information content (AvgIpc) is 2.42. The molecule has 0 bridgehead atoms. The van der Waals surface area contributed by atoms with Gasteiger partial charge in [0.2, 0.25) is 11.8 Å². The summed E-state index contributed by atoms with van der Waals surface area (Å²) in [4.78, 5) is 40.5. The van der Waals surface area contributed by atoms with Crippen molar-refractivity contribution in [1.29, 1.82) is 0 Å². The first-order valence-corrected chi connectivity index (χ1v) is 6.25. The number of rotatable bonds is 3. The minimum absolute atomic E-state index is 0.231. The molecule has 1 saturated heterocycles. The average molecular weight is 276 g/mol. The van der Waals surface area contributed by atoms with Gasteiger partial charge in [0.05, 0.1) is 5.56 Å². The van der Waals surface area contributed by atoms with Crippen LogP contribution in [0.2, 0.25) is 0 Å². The van der Waals surface area contributed by atoms with Crippen LogP contribution in [-0.2, 0) is 9.59 Å². The molecule has 1 aliphatic heterocycles. The minimum Gasteiger partial charge on any atom is -0.363 e. The van der Waals surface area contributed by atoms with Gasteiger partial charge in [0.15, 0.2) is 0 Å². The van der Waals surface area contributed by atoms with Gasteiger partial charge in [-0.1, -0.05) is 0 Å². The molecule has 2 rings (SSSR count). The number of amides is 3. The number of carbonyl (C=O) groups is 3. The Kier molecular flexibility index (Phi) is 3.97. The molecule has 1 aliphatic rings. The standard InChI is InChI=1S/C13H16N4O3/c1-17(2)10-5-3-8(7-14-10)12(19)15-9-4-6-11(18)16-13(9)20/h3,5,7,9H,4,6H2,1-2H3,(H,15,19)(H,16,18,20). The van der Waals surface area contributed by atoms with Crippen LogP contribution in [0.4, 0.5) is 5.82 Å². The fraction of sp³-hybridized carbons (Fsp3) is 0.385. The van der Waals surface area contributed by atoms with E-state index in [0.717, 1.165) is 5.82 Å².